The molecule has 9 rings (SSSR count). The van der Waals surface area contributed by atoms with Crippen LogP contribution in [0, 0.1) is 0 Å². The van der Waals surface area contributed by atoms with E-state index in [9.17, 15) is 0 Å². The first-order valence-corrected chi connectivity index (χ1v) is 14.7. The number of para-hydroxylation sites is 5. The van der Waals surface area contributed by atoms with E-state index in [1.165, 1.54) is 43.6 Å². The van der Waals surface area contributed by atoms with Crippen LogP contribution in [0.15, 0.2) is 164 Å². The van der Waals surface area contributed by atoms with Crippen LogP contribution < -0.4 is 4.90 Å². The lowest BCUT2D eigenvalue weighted by molar-refractivity contribution is 1.16. The van der Waals surface area contributed by atoms with E-state index in [4.69, 9.17) is 0 Å². The van der Waals surface area contributed by atoms with Crippen molar-refractivity contribution < 1.29 is 0 Å². The Bertz CT molecular complexity index is 2400. The minimum Gasteiger partial charge on any atom is -0.310 e. The molecular weight excluding hydrogens is 522 g/mol. The maximum Gasteiger partial charge on any atom is 0.0703 e. The summed E-state index contributed by atoms with van der Waals surface area (Å²) < 4.78 is 4.91. The number of anilines is 3. The maximum atomic E-state index is 2.47. The third-order valence-corrected chi connectivity index (χ3v) is 8.63. The van der Waals surface area contributed by atoms with E-state index >= 15 is 0 Å². The molecule has 202 valence electrons. The van der Waals surface area contributed by atoms with Gasteiger partial charge in [-0.05, 0) is 72.1 Å². The zero-order chi connectivity index (χ0) is 28.3. The minimum absolute atomic E-state index is 1.10. The summed E-state index contributed by atoms with van der Waals surface area (Å²) in [5.74, 6) is 0. The molecule has 0 aliphatic rings. The highest BCUT2D eigenvalue weighted by atomic mass is 15.1. The molecule has 0 saturated heterocycles. The van der Waals surface area contributed by atoms with Gasteiger partial charge in [-0.15, -0.1) is 0 Å². The average molecular weight is 550 g/mol. The highest BCUT2D eigenvalue weighted by Gasteiger charge is 2.19. The van der Waals surface area contributed by atoms with Crippen molar-refractivity contribution in [2.45, 2.75) is 0 Å². The van der Waals surface area contributed by atoms with Crippen molar-refractivity contribution >= 4 is 66.2 Å². The highest BCUT2D eigenvalue weighted by Crippen LogP contribution is 2.41. The Kier molecular flexibility index (Phi) is 5.20. The number of hydrogen-bond donors (Lipinski definition) is 0. The van der Waals surface area contributed by atoms with Crippen LogP contribution in [-0.4, -0.2) is 8.97 Å². The summed E-state index contributed by atoms with van der Waals surface area (Å²) in [6.07, 6.45) is 0. The van der Waals surface area contributed by atoms with E-state index in [0.717, 1.165) is 28.3 Å². The van der Waals surface area contributed by atoms with E-state index in [0.29, 0.717) is 0 Å². The van der Waals surface area contributed by atoms with Crippen LogP contribution in [0.25, 0.3) is 54.8 Å². The van der Waals surface area contributed by atoms with Crippen molar-refractivity contribution in [2.24, 2.45) is 0 Å². The van der Waals surface area contributed by atoms with Crippen LogP contribution in [0.5, 0.6) is 0 Å². The van der Waals surface area contributed by atoms with Gasteiger partial charge in [0.2, 0.25) is 0 Å². The molecule has 0 saturated carbocycles. The van der Waals surface area contributed by atoms with Crippen molar-refractivity contribution in [3.63, 3.8) is 0 Å². The van der Waals surface area contributed by atoms with Gasteiger partial charge in [-0.2, -0.15) is 0 Å². The van der Waals surface area contributed by atoms with Crippen LogP contribution >= 0.6 is 0 Å². The van der Waals surface area contributed by atoms with Gasteiger partial charge >= 0.3 is 0 Å². The molecular formula is C40H27N3. The van der Waals surface area contributed by atoms with Gasteiger partial charge in [0.15, 0.2) is 0 Å². The lowest BCUT2D eigenvalue weighted by Gasteiger charge is -2.26. The Morgan fingerprint density at radius 1 is 0.395 bits per heavy atom. The molecule has 0 spiro atoms. The van der Waals surface area contributed by atoms with Crippen molar-refractivity contribution in [1.29, 1.82) is 0 Å². The van der Waals surface area contributed by atoms with Crippen molar-refractivity contribution in [3.05, 3.63) is 164 Å². The molecule has 2 heterocycles. The van der Waals surface area contributed by atoms with Crippen LogP contribution in [0.3, 0.4) is 0 Å². The van der Waals surface area contributed by atoms with Gasteiger partial charge in [0.05, 0.1) is 27.6 Å². The molecule has 2 aromatic heterocycles. The minimum atomic E-state index is 1.10. The second-order valence-electron chi connectivity index (χ2n) is 11.0. The Morgan fingerprint density at radius 3 is 1.77 bits per heavy atom. The maximum absolute atomic E-state index is 2.47. The quantitative estimate of drug-likeness (QED) is 0.213. The number of aromatic nitrogens is 2. The first-order chi connectivity index (χ1) is 21.4. The Labute approximate surface area is 249 Å². The fourth-order valence-corrected chi connectivity index (χ4v) is 6.87. The zero-order valence-electron chi connectivity index (χ0n) is 23.4. The molecule has 0 N–H and O–H groups in total. The molecule has 3 heteroatoms. The number of benzene rings is 7. The summed E-state index contributed by atoms with van der Waals surface area (Å²) in [5.41, 5.74) is 10.4. The van der Waals surface area contributed by atoms with Crippen molar-refractivity contribution in [3.8, 4) is 5.69 Å². The molecule has 0 unspecified atom stereocenters. The zero-order valence-corrected chi connectivity index (χ0v) is 23.4. The molecule has 9 aromatic rings. The monoisotopic (exact) mass is 549 g/mol. The second-order valence-corrected chi connectivity index (χ2v) is 11.0. The van der Waals surface area contributed by atoms with Gasteiger partial charge in [-0.25, -0.2) is 0 Å². The first-order valence-electron chi connectivity index (χ1n) is 14.7. The third kappa shape index (κ3) is 3.55. The van der Waals surface area contributed by atoms with Crippen molar-refractivity contribution in [2.75, 3.05) is 4.90 Å². The van der Waals surface area contributed by atoms with Gasteiger partial charge in [-0.1, -0.05) is 97.1 Å². The normalized spacial score (nSPS) is 11.7. The summed E-state index contributed by atoms with van der Waals surface area (Å²) in [5, 5.41) is 5.06. The number of hydrogen-bond acceptors (Lipinski definition) is 1. The fraction of sp³-hybridized carbons (Fsp3) is 0. The van der Waals surface area contributed by atoms with Gasteiger partial charge in [-0.3, -0.25) is 0 Å². The van der Waals surface area contributed by atoms with E-state index in [1.54, 1.807) is 0 Å². The van der Waals surface area contributed by atoms with E-state index in [1.807, 2.05) is 0 Å². The lowest BCUT2D eigenvalue weighted by atomic mass is 10.0. The Balaban J connectivity index is 1.42. The summed E-state index contributed by atoms with van der Waals surface area (Å²) >= 11 is 0. The van der Waals surface area contributed by atoms with Gasteiger partial charge in [0, 0.05) is 38.9 Å². The van der Waals surface area contributed by atoms with E-state index in [-0.39, 0.29) is 0 Å². The molecule has 0 fully saturated rings. The first kappa shape index (κ1) is 23.9. The highest BCUT2D eigenvalue weighted by molar-refractivity contribution is 6.23. The molecule has 0 atom stereocenters. The standard InChI is InChI=1S/C40H27N3/c1-3-14-29(15-4-1)41(30-16-5-2-6-17-30)31-18-12-19-32(27-31)42-36-22-9-10-23-37(36)43-35-21-8-7-20-33(35)34-26-25-28-13-11-24-38(42)39(28)40(34)43/h1-27H. The van der Waals surface area contributed by atoms with E-state index in [2.05, 4.69) is 178 Å². The topological polar surface area (TPSA) is 12.6 Å². The number of rotatable bonds is 4. The molecule has 0 aliphatic carbocycles. The SMILES string of the molecule is c1ccc(N(c2ccccc2)c2cccc(-n3c4cccc5ccc6c7ccccc7n(c7ccccc73)c6c54)c2)cc1. The van der Waals surface area contributed by atoms with Gasteiger partial charge in [0.1, 0.15) is 0 Å². The summed E-state index contributed by atoms with van der Waals surface area (Å²) in [4.78, 5) is 2.32. The fourth-order valence-electron chi connectivity index (χ4n) is 6.87. The Morgan fingerprint density at radius 2 is 1.00 bits per heavy atom. The average Bonchev–Trinajstić information content (AvgIpc) is 3.34. The second kappa shape index (κ2) is 9.37. The van der Waals surface area contributed by atoms with Crippen molar-refractivity contribution in [1.82, 2.24) is 8.97 Å². The Hall–Kier alpha value is -5.80. The molecule has 0 bridgehead atoms. The van der Waals surface area contributed by atoms with Crippen LogP contribution in [0.4, 0.5) is 17.1 Å². The van der Waals surface area contributed by atoms with Crippen LogP contribution in [-0.2, 0) is 0 Å². The van der Waals surface area contributed by atoms with Crippen LogP contribution in [0.2, 0.25) is 0 Å². The molecule has 7 aromatic carbocycles. The summed E-state index contributed by atoms with van der Waals surface area (Å²) in [6.45, 7) is 0. The lowest BCUT2D eigenvalue weighted by Crippen LogP contribution is -2.10. The third-order valence-electron chi connectivity index (χ3n) is 8.63. The molecule has 43 heavy (non-hydrogen) atoms. The van der Waals surface area contributed by atoms with Gasteiger partial charge < -0.3 is 13.9 Å². The predicted molar refractivity (Wildman–Crippen MR) is 181 cm³/mol. The molecule has 0 amide bonds. The van der Waals surface area contributed by atoms with Crippen LogP contribution in [0.1, 0.15) is 0 Å². The smallest absolute Gasteiger partial charge is 0.0703 e. The largest absolute Gasteiger partial charge is 0.310 e. The molecule has 3 nitrogen and oxygen atoms in total. The predicted octanol–water partition coefficient (Wildman–Crippen LogP) is 10.8. The molecule has 0 radical (unpaired) electrons. The molecule has 0 aliphatic heterocycles. The van der Waals surface area contributed by atoms with E-state index < -0.39 is 0 Å². The number of nitrogens with zero attached hydrogens (tertiary/aromatic N) is 3. The summed E-state index contributed by atoms with van der Waals surface area (Å²) in [7, 11) is 0. The summed E-state index contributed by atoms with van der Waals surface area (Å²) in [6, 6.07) is 58.9. The number of fused-ring (bicyclic) bond motifs is 5. The van der Waals surface area contributed by atoms with Gasteiger partial charge in [0.25, 0.3) is 0 Å².